The second-order valence-electron chi connectivity index (χ2n) is 4.70. The number of rotatable bonds is 4. The van der Waals surface area contributed by atoms with E-state index in [4.69, 9.17) is 15.6 Å². The summed E-state index contributed by atoms with van der Waals surface area (Å²) in [6, 6.07) is 0. The van der Waals surface area contributed by atoms with Gasteiger partial charge >= 0.3 is 11.9 Å². The molecule has 0 fully saturated rings. The maximum atomic E-state index is 11.9. The number of esters is 1. The van der Waals surface area contributed by atoms with Crippen molar-refractivity contribution in [1.29, 1.82) is 0 Å². The molecule has 0 saturated heterocycles. The second kappa shape index (κ2) is 5.45. The maximum absolute atomic E-state index is 11.9. The Morgan fingerprint density at radius 3 is 2.56 bits per heavy atom. The van der Waals surface area contributed by atoms with Gasteiger partial charge in [-0.2, -0.15) is 0 Å². The minimum absolute atomic E-state index is 0.0293. The van der Waals surface area contributed by atoms with Crippen molar-refractivity contribution in [3.8, 4) is 0 Å². The first-order chi connectivity index (χ1) is 8.24. The van der Waals surface area contributed by atoms with Crippen molar-refractivity contribution >= 4 is 23.3 Å². The number of carbonyl (C=O) groups excluding carboxylic acids is 1. The molecule has 0 amide bonds. The summed E-state index contributed by atoms with van der Waals surface area (Å²) in [5.74, 6) is -2.34. The highest BCUT2D eigenvalue weighted by molar-refractivity contribution is 7.10. The van der Waals surface area contributed by atoms with Crippen LogP contribution in [0.1, 0.15) is 42.2 Å². The van der Waals surface area contributed by atoms with Gasteiger partial charge in [0.15, 0.2) is 5.69 Å². The fraction of sp³-hybridized carbons (Fsp3) is 0.545. The lowest BCUT2D eigenvalue weighted by molar-refractivity contribution is -0.156. The van der Waals surface area contributed by atoms with Gasteiger partial charge in [0.05, 0.1) is 0 Å². The molecule has 0 unspecified atom stereocenters. The van der Waals surface area contributed by atoms with Crippen LogP contribution in [0.4, 0.5) is 0 Å². The predicted molar refractivity (Wildman–Crippen MR) is 66.7 cm³/mol. The fourth-order valence-corrected chi connectivity index (χ4v) is 2.11. The van der Waals surface area contributed by atoms with Crippen molar-refractivity contribution < 1.29 is 19.4 Å². The van der Waals surface area contributed by atoms with Crippen molar-refractivity contribution in [2.45, 2.75) is 32.3 Å². The van der Waals surface area contributed by atoms with Crippen LogP contribution in [0.2, 0.25) is 0 Å². The van der Waals surface area contributed by atoms with Crippen molar-refractivity contribution in [3.63, 3.8) is 0 Å². The van der Waals surface area contributed by atoms with Crippen molar-refractivity contribution in [2.24, 2.45) is 5.73 Å². The first-order valence-corrected chi connectivity index (χ1v) is 6.24. The zero-order chi connectivity index (χ0) is 13.9. The number of nitrogens with two attached hydrogens (primary N) is 1. The third kappa shape index (κ3) is 3.78. The van der Waals surface area contributed by atoms with Gasteiger partial charge in [0.25, 0.3) is 0 Å². The van der Waals surface area contributed by atoms with E-state index in [2.05, 4.69) is 4.98 Å². The average Bonchev–Trinajstić information content (AvgIpc) is 2.65. The van der Waals surface area contributed by atoms with Crippen LogP contribution < -0.4 is 5.73 Å². The SMILES string of the molecule is CC(C)(C)OC(=O)[C@H](CN)c1nc(C(=O)O)cs1. The number of aromatic carboxylic acids is 1. The van der Waals surface area contributed by atoms with E-state index in [0.29, 0.717) is 5.01 Å². The molecule has 6 nitrogen and oxygen atoms in total. The van der Waals surface area contributed by atoms with Crippen LogP contribution in [-0.2, 0) is 9.53 Å². The van der Waals surface area contributed by atoms with E-state index >= 15 is 0 Å². The molecule has 0 saturated carbocycles. The molecule has 0 spiro atoms. The molecule has 18 heavy (non-hydrogen) atoms. The van der Waals surface area contributed by atoms with Crippen LogP contribution >= 0.6 is 11.3 Å². The molecule has 1 atom stereocenters. The molecule has 0 aromatic carbocycles. The minimum atomic E-state index is -1.13. The maximum Gasteiger partial charge on any atom is 0.355 e. The van der Waals surface area contributed by atoms with Gasteiger partial charge in [-0.1, -0.05) is 0 Å². The van der Waals surface area contributed by atoms with Gasteiger partial charge in [-0.3, -0.25) is 4.79 Å². The Balaban J connectivity index is 2.88. The Kier molecular flexibility index (Phi) is 4.42. The number of ether oxygens (including phenoxy) is 1. The van der Waals surface area contributed by atoms with E-state index in [1.807, 2.05) is 0 Å². The topological polar surface area (TPSA) is 103 Å². The molecule has 1 rings (SSSR count). The molecule has 1 aromatic rings. The van der Waals surface area contributed by atoms with E-state index in [-0.39, 0.29) is 12.2 Å². The highest BCUT2D eigenvalue weighted by Gasteiger charge is 2.28. The molecule has 7 heteroatoms. The molecular formula is C11H16N2O4S. The second-order valence-corrected chi connectivity index (χ2v) is 5.59. The molecule has 3 N–H and O–H groups in total. The van der Waals surface area contributed by atoms with Gasteiger partial charge in [0.2, 0.25) is 0 Å². The van der Waals surface area contributed by atoms with Crippen molar-refractivity contribution in [1.82, 2.24) is 4.98 Å². The Hall–Kier alpha value is -1.47. The molecule has 1 aromatic heterocycles. The number of hydrogen-bond acceptors (Lipinski definition) is 6. The van der Waals surface area contributed by atoms with E-state index < -0.39 is 23.5 Å². The monoisotopic (exact) mass is 272 g/mol. The Morgan fingerprint density at radius 1 is 1.56 bits per heavy atom. The zero-order valence-corrected chi connectivity index (χ0v) is 11.3. The van der Waals surface area contributed by atoms with Crippen LogP contribution in [0, 0.1) is 0 Å². The normalized spacial score (nSPS) is 13.1. The first-order valence-electron chi connectivity index (χ1n) is 5.36. The molecule has 0 aliphatic carbocycles. The lowest BCUT2D eigenvalue weighted by Gasteiger charge is -2.22. The number of carboxylic acids is 1. The Morgan fingerprint density at radius 2 is 2.17 bits per heavy atom. The Bertz CT molecular complexity index is 450. The number of aromatic nitrogens is 1. The quantitative estimate of drug-likeness (QED) is 0.799. The molecule has 0 aliphatic heterocycles. The fourth-order valence-electron chi connectivity index (χ4n) is 1.22. The van der Waals surface area contributed by atoms with Gasteiger partial charge in [0.1, 0.15) is 16.5 Å². The van der Waals surface area contributed by atoms with Crippen LogP contribution in [0.15, 0.2) is 5.38 Å². The van der Waals surface area contributed by atoms with E-state index in [0.717, 1.165) is 11.3 Å². The van der Waals surface area contributed by atoms with E-state index in [1.165, 1.54) is 5.38 Å². The smallest absolute Gasteiger partial charge is 0.355 e. The summed E-state index contributed by atoms with van der Waals surface area (Å²) in [7, 11) is 0. The standard InChI is InChI=1S/C11H16N2O4S/c1-11(2,3)17-10(16)6(4-12)8-13-7(5-18-8)9(14)15/h5-6H,4,12H2,1-3H3,(H,14,15)/t6-/m1/s1. The molecule has 0 aliphatic rings. The highest BCUT2D eigenvalue weighted by atomic mass is 32.1. The van der Waals surface area contributed by atoms with Gasteiger partial charge in [-0.05, 0) is 20.8 Å². The summed E-state index contributed by atoms with van der Waals surface area (Å²) in [5.41, 5.74) is 4.83. The largest absolute Gasteiger partial charge is 0.476 e. The summed E-state index contributed by atoms with van der Waals surface area (Å²) in [6.07, 6.45) is 0. The number of carbonyl (C=O) groups is 2. The number of thiazole rings is 1. The average molecular weight is 272 g/mol. The van der Waals surface area contributed by atoms with Crippen LogP contribution in [0.25, 0.3) is 0 Å². The molecule has 0 bridgehead atoms. The molecule has 1 heterocycles. The lowest BCUT2D eigenvalue weighted by Crippen LogP contribution is -2.31. The number of hydrogen-bond donors (Lipinski definition) is 2. The molecule has 100 valence electrons. The third-order valence-corrected chi connectivity index (χ3v) is 2.92. The van der Waals surface area contributed by atoms with Crippen LogP contribution in [0.5, 0.6) is 0 Å². The Labute approximate surface area is 109 Å². The molecular weight excluding hydrogens is 256 g/mol. The molecule has 0 radical (unpaired) electrons. The first kappa shape index (κ1) is 14.6. The third-order valence-electron chi connectivity index (χ3n) is 1.97. The van der Waals surface area contributed by atoms with E-state index in [1.54, 1.807) is 20.8 Å². The van der Waals surface area contributed by atoms with Crippen LogP contribution in [0.3, 0.4) is 0 Å². The lowest BCUT2D eigenvalue weighted by atomic mass is 10.1. The summed E-state index contributed by atoms with van der Waals surface area (Å²) < 4.78 is 5.22. The van der Waals surface area contributed by atoms with E-state index in [9.17, 15) is 9.59 Å². The zero-order valence-electron chi connectivity index (χ0n) is 10.5. The summed E-state index contributed by atoms with van der Waals surface area (Å²) >= 11 is 1.09. The van der Waals surface area contributed by atoms with Gasteiger partial charge in [-0.25, -0.2) is 9.78 Å². The predicted octanol–water partition coefficient (Wildman–Crippen LogP) is 1.23. The minimum Gasteiger partial charge on any atom is -0.476 e. The van der Waals surface area contributed by atoms with Crippen molar-refractivity contribution in [3.05, 3.63) is 16.1 Å². The summed E-state index contributed by atoms with van der Waals surface area (Å²) in [4.78, 5) is 26.5. The van der Waals surface area contributed by atoms with Gasteiger partial charge in [0, 0.05) is 11.9 Å². The number of carboxylic acid groups (broad SMARTS) is 1. The van der Waals surface area contributed by atoms with Crippen molar-refractivity contribution in [2.75, 3.05) is 6.54 Å². The number of nitrogens with zero attached hydrogens (tertiary/aromatic N) is 1. The summed E-state index contributed by atoms with van der Waals surface area (Å²) in [5, 5.41) is 10.5. The van der Waals surface area contributed by atoms with Crippen LogP contribution in [-0.4, -0.2) is 34.2 Å². The van der Waals surface area contributed by atoms with Gasteiger partial charge < -0.3 is 15.6 Å². The summed E-state index contributed by atoms with van der Waals surface area (Å²) in [6.45, 7) is 5.29. The van der Waals surface area contributed by atoms with Gasteiger partial charge in [-0.15, -0.1) is 11.3 Å². The highest BCUT2D eigenvalue weighted by Crippen LogP contribution is 2.23.